The van der Waals surface area contributed by atoms with Crippen LogP contribution < -0.4 is 0 Å². The Morgan fingerprint density at radius 1 is 0.556 bits per heavy atom. The van der Waals surface area contributed by atoms with Gasteiger partial charge in [0.25, 0.3) is 0 Å². The zero-order valence-electron chi connectivity index (χ0n) is 13.3. The summed E-state index contributed by atoms with van der Waals surface area (Å²) in [4.78, 5) is 0. The van der Waals surface area contributed by atoms with Gasteiger partial charge in [0, 0.05) is 0 Å². The fourth-order valence-electron chi connectivity index (χ4n) is 3.30. The number of hydrogen-bond acceptors (Lipinski definition) is 0. The van der Waals surface area contributed by atoms with Gasteiger partial charge in [0.05, 0.1) is 0 Å². The third kappa shape index (κ3) is 7.08. The van der Waals surface area contributed by atoms with E-state index in [-0.39, 0.29) is 0 Å². The van der Waals surface area contributed by atoms with E-state index >= 15 is 0 Å². The molecule has 2 heteroatoms. The van der Waals surface area contributed by atoms with E-state index in [1.54, 1.807) is 24.6 Å². The molecule has 0 aliphatic heterocycles. The van der Waals surface area contributed by atoms with Gasteiger partial charge in [-0.1, -0.05) is 0 Å². The van der Waals surface area contributed by atoms with Gasteiger partial charge in [-0.05, 0) is 0 Å². The molecule has 0 rings (SSSR count). The predicted molar refractivity (Wildman–Crippen MR) is 100 cm³/mol. The Morgan fingerprint density at radius 2 is 0.944 bits per heavy atom. The van der Waals surface area contributed by atoms with Gasteiger partial charge >= 0.3 is 130 Å². The number of hydrogen-bond donors (Lipinski definition) is 0. The van der Waals surface area contributed by atoms with E-state index in [4.69, 9.17) is 0 Å². The molecule has 0 atom stereocenters. The molecule has 0 nitrogen and oxygen atoms in total. The Bertz CT molecular complexity index is 183. The molecule has 0 aliphatic carbocycles. The minimum atomic E-state index is -1.38. The van der Waals surface area contributed by atoms with E-state index in [1.165, 1.54) is 51.4 Å². The van der Waals surface area contributed by atoms with Crippen LogP contribution in [0.5, 0.6) is 0 Å². The third-order valence-corrected chi connectivity index (χ3v) is 16.0. The van der Waals surface area contributed by atoms with Gasteiger partial charge in [-0.25, -0.2) is 0 Å². The van der Waals surface area contributed by atoms with Gasteiger partial charge in [-0.3, -0.25) is 0 Å². The first kappa shape index (κ1) is 19.2. The molecular weight excluding hydrogens is 350 g/mol. The summed E-state index contributed by atoms with van der Waals surface area (Å²) in [6.07, 6.45) is 17.7. The molecule has 0 N–H and O–H groups in total. The van der Waals surface area contributed by atoms with Crippen LogP contribution in [0, 0.1) is 0 Å². The minimum absolute atomic E-state index is 1.37. The van der Waals surface area contributed by atoms with Crippen LogP contribution in [0.4, 0.5) is 0 Å². The molecule has 0 aliphatic rings. The van der Waals surface area contributed by atoms with Crippen LogP contribution in [0.15, 0.2) is 0 Å². The summed E-state index contributed by atoms with van der Waals surface area (Å²) in [5.74, 6) is 0. The standard InChI is InChI=1S/C16H36IP/c1-5-9-11-15-18(17,13-7-3,14-8-4)16-12-10-6-2/h5-16H2,1-4H3. The fourth-order valence-corrected chi connectivity index (χ4v) is 13.8. The molecule has 0 aromatic heterocycles. The van der Waals surface area contributed by atoms with Crippen molar-refractivity contribution in [2.45, 2.75) is 79.1 Å². The molecule has 0 amide bonds. The average Bonchev–Trinajstić information content (AvgIpc) is 2.30. The number of unbranched alkanes of at least 4 members (excludes halogenated alkanes) is 4. The summed E-state index contributed by atoms with van der Waals surface area (Å²) in [5, 5.41) is 0. The summed E-state index contributed by atoms with van der Waals surface area (Å²) >= 11 is 3.02. The van der Waals surface area contributed by atoms with Gasteiger partial charge in [0.15, 0.2) is 0 Å². The second-order valence-electron chi connectivity index (χ2n) is 6.13. The molecule has 112 valence electrons. The SMILES string of the molecule is CCCCCP(I)(CCC)(CCC)CCCCC. The van der Waals surface area contributed by atoms with E-state index < -0.39 is 4.25 Å². The molecule has 0 unspecified atom stereocenters. The zero-order valence-corrected chi connectivity index (χ0v) is 16.4. The van der Waals surface area contributed by atoms with Crippen LogP contribution in [-0.4, -0.2) is 24.6 Å². The topological polar surface area (TPSA) is 0 Å². The molecule has 0 fully saturated rings. The van der Waals surface area contributed by atoms with Crippen molar-refractivity contribution in [1.29, 1.82) is 0 Å². The van der Waals surface area contributed by atoms with Crippen molar-refractivity contribution in [2.75, 3.05) is 24.6 Å². The quantitative estimate of drug-likeness (QED) is 0.191. The predicted octanol–water partition coefficient (Wildman–Crippen LogP) is 7.09. The van der Waals surface area contributed by atoms with Gasteiger partial charge in [0.2, 0.25) is 0 Å². The molecule has 0 aromatic carbocycles. The van der Waals surface area contributed by atoms with Crippen molar-refractivity contribution in [2.24, 2.45) is 0 Å². The van der Waals surface area contributed by atoms with E-state index in [0.29, 0.717) is 0 Å². The summed E-state index contributed by atoms with van der Waals surface area (Å²) in [7, 11) is 0. The van der Waals surface area contributed by atoms with Crippen molar-refractivity contribution in [3.05, 3.63) is 0 Å². The van der Waals surface area contributed by atoms with Crippen molar-refractivity contribution in [1.82, 2.24) is 0 Å². The van der Waals surface area contributed by atoms with Crippen LogP contribution in [-0.2, 0) is 0 Å². The summed E-state index contributed by atoms with van der Waals surface area (Å²) < 4.78 is -1.38. The molecular formula is C16H36IP. The average molecular weight is 386 g/mol. The Kier molecular flexibility index (Phi) is 10.6. The van der Waals surface area contributed by atoms with E-state index in [9.17, 15) is 0 Å². The summed E-state index contributed by atoms with van der Waals surface area (Å²) in [6, 6.07) is 0. The van der Waals surface area contributed by atoms with Crippen LogP contribution >= 0.6 is 26.3 Å². The van der Waals surface area contributed by atoms with E-state index in [1.807, 2.05) is 0 Å². The van der Waals surface area contributed by atoms with Crippen molar-refractivity contribution in [3.63, 3.8) is 0 Å². The first-order valence-corrected chi connectivity index (χ1v) is 14.0. The van der Waals surface area contributed by atoms with Crippen LogP contribution in [0.2, 0.25) is 0 Å². The Labute approximate surface area is 129 Å². The third-order valence-electron chi connectivity index (χ3n) is 4.21. The number of rotatable bonds is 12. The van der Waals surface area contributed by atoms with Crippen LogP contribution in [0.3, 0.4) is 0 Å². The van der Waals surface area contributed by atoms with E-state index in [0.717, 1.165) is 0 Å². The maximum atomic E-state index is 3.02. The number of halogens is 1. The fraction of sp³-hybridized carbons (Fsp3) is 1.00. The van der Waals surface area contributed by atoms with Crippen molar-refractivity contribution in [3.8, 4) is 0 Å². The first-order chi connectivity index (χ1) is 8.54. The molecule has 0 bridgehead atoms. The Balaban J connectivity index is 4.66. The molecule has 0 spiro atoms. The summed E-state index contributed by atoms with van der Waals surface area (Å²) in [5.41, 5.74) is 0. The van der Waals surface area contributed by atoms with Gasteiger partial charge in [0.1, 0.15) is 0 Å². The Hall–Kier alpha value is 1.16. The molecule has 0 radical (unpaired) electrons. The monoisotopic (exact) mass is 386 g/mol. The second kappa shape index (κ2) is 9.97. The van der Waals surface area contributed by atoms with Crippen LogP contribution in [0.25, 0.3) is 0 Å². The van der Waals surface area contributed by atoms with Gasteiger partial charge < -0.3 is 0 Å². The normalized spacial score (nSPS) is 14.4. The van der Waals surface area contributed by atoms with Crippen molar-refractivity contribution >= 4 is 26.3 Å². The van der Waals surface area contributed by atoms with Gasteiger partial charge in [-0.15, -0.1) is 0 Å². The second-order valence-corrected chi connectivity index (χ2v) is 19.7. The molecule has 0 saturated heterocycles. The van der Waals surface area contributed by atoms with Crippen molar-refractivity contribution < 1.29 is 0 Å². The van der Waals surface area contributed by atoms with E-state index in [2.05, 4.69) is 49.7 Å². The molecule has 0 aromatic rings. The van der Waals surface area contributed by atoms with Crippen LogP contribution in [0.1, 0.15) is 79.1 Å². The molecule has 18 heavy (non-hydrogen) atoms. The Morgan fingerprint density at radius 3 is 1.22 bits per heavy atom. The van der Waals surface area contributed by atoms with Gasteiger partial charge in [-0.2, -0.15) is 0 Å². The first-order valence-electron chi connectivity index (χ1n) is 8.26. The zero-order chi connectivity index (χ0) is 13.9. The molecule has 0 saturated carbocycles. The summed E-state index contributed by atoms with van der Waals surface area (Å²) in [6.45, 7) is 9.46. The maximum absolute atomic E-state index is 3.02. The molecule has 0 heterocycles.